The van der Waals surface area contributed by atoms with Crippen LogP contribution in [0.15, 0.2) is 54.6 Å². The molecule has 4 heteroatoms. The fraction of sp³-hybridized carbons (Fsp3) is 0.0667. The lowest BCUT2D eigenvalue weighted by atomic mass is 10.2. The van der Waals surface area contributed by atoms with Gasteiger partial charge in [0, 0.05) is 5.56 Å². The molecule has 0 aromatic heterocycles. The summed E-state index contributed by atoms with van der Waals surface area (Å²) in [6.07, 6.45) is 0. The third-order valence-corrected chi connectivity index (χ3v) is 2.76. The Bertz CT molecular complexity index is 478. The molecule has 0 aliphatic rings. The van der Waals surface area contributed by atoms with E-state index in [1.165, 1.54) is 0 Å². The monoisotopic (exact) mass is 296 g/mol. The molecule has 0 atom stereocenters. The number of hydrogen-bond donors (Lipinski definition) is 0. The van der Waals surface area contributed by atoms with E-state index >= 15 is 0 Å². The maximum atomic E-state index is 10.6. The van der Waals surface area contributed by atoms with E-state index in [1.54, 1.807) is 19.1 Å². The molecule has 2 rings (SSSR count). The van der Waals surface area contributed by atoms with Crippen molar-refractivity contribution in [3.63, 3.8) is 0 Å². The first-order valence-electron chi connectivity index (χ1n) is 5.36. The van der Waals surface area contributed by atoms with Gasteiger partial charge in [0.25, 0.3) is 0 Å². The van der Waals surface area contributed by atoms with Crippen LogP contribution < -0.4 is 0 Å². The molecule has 0 N–H and O–H groups in total. The summed E-state index contributed by atoms with van der Waals surface area (Å²) in [6.45, 7) is 3.56. The number of carbonyl (C=O) groups excluding carboxylic acids is 2. The Balaban J connectivity index is 0.000000303. The largest absolute Gasteiger partial charge is 0.307 e. The topological polar surface area (TPSA) is 34.1 Å². The van der Waals surface area contributed by atoms with Crippen molar-refractivity contribution >= 4 is 35.8 Å². The molecule has 0 bridgehead atoms. The van der Waals surface area contributed by atoms with E-state index in [9.17, 15) is 4.79 Å². The van der Waals surface area contributed by atoms with E-state index in [2.05, 4.69) is 0 Å². The lowest BCUT2D eigenvalue weighted by molar-refractivity contribution is -0.0979. The zero-order chi connectivity index (χ0) is 14.7. The first-order valence-corrected chi connectivity index (χ1v) is 6.11. The Morgan fingerprint density at radius 2 is 1.21 bits per heavy atom. The van der Waals surface area contributed by atoms with Crippen LogP contribution in [0.2, 0.25) is 10.0 Å². The van der Waals surface area contributed by atoms with Crippen LogP contribution >= 0.6 is 23.2 Å². The van der Waals surface area contributed by atoms with Crippen LogP contribution in [0, 0.1) is 0 Å². The van der Waals surface area contributed by atoms with Crippen LogP contribution in [0.1, 0.15) is 17.3 Å². The average Bonchev–Trinajstić information content (AvgIpc) is 2.46. The number of benzene rings is 2. The fourth-order valence-electron chi connectivity index (χ4n) is 1.11. The molecular weight excluding hydrogens is 283 g/mol. The van der Waals surface area contributed by atoms with Crippen molar-refractivity contribution in [1.29, 1.82) is 0 Å². The molecular formula is C15H14Cl2O2. The molecule has 0 radical (unpaired) electrons. The molecule has 100 valence electrons. The Labute approximate surface area is 123 Å². The van der Waals surface area contributed by atoms with Crippen molar-refractivity contribution in [1.82, 2.24) is 0 Å². The summed E-state index contributed by atoms with van der Waals surface area (Å²) in [5.41, 5.74) is 0.775. The minimum absolute atomic E-state index is 0.121. The zero-order valence-corrected chi connectivity index (χ0v) is 12.0. The number of hydrogen-bond acceptors (Lipinski definition) is 2. The number of ketones is 1. The third kappa shape index (κ3) is 7.39. The van der Waals surface area contributed by atoms with Crippen LogP contribution in [0.3, 0.4) is 0 Å². The molecule has 0 spiro atoms. The van der Waals surface area contributed by atoms with Crippen molar-refractivity contribution < 1.29 is 9.59 Å². The van der Waals surface area contributed by atoms with E-state index in [-0.39, 0.29) is 5.78 Å². The maximum absolute atomic E-state index is 10.6. The van der Waals surface area contributed by atoms with Gasteiger partial charge in [-0.2, -0.15) is 0 Å². The van der Waals surface area contributed by atoms with Crippen molar-refractivity contribution in [2.75, 3.05) is 0 Å². The third-order valence-electron chi connectivity index (χ3n) is 2.00. The molecule has 2 aromatic carbocycles. The lowest BCUT2D eigenvalue weighted by Gasteiger charge is -1.89. The first kappa shape index (κ1) is 17.4. The molecule has 0 aliphatic carbocycles. The van der Waals surface area contributed by atoms with Crippen molar-refractivity contribution in [3.8, 4) is 0 Å². The summed E-state index contributed by atoms with van der Waals surface area (Å²) in [5, 5.41) is 1.21. The highest BCUT2D eigenvalue weighted by Gasteiger charge is 1.92. The molecule has 0 saturated heterocycles. The Morgan fingerprint density at radius 1 is 0.842 bits per heavy atom. The Morgan fingerprint density at radius 3 is 1.47 bits per heavy atom. The van der Waals surface area contributed by atoms with Gasteiger partial charge in [0.15, 0.2) is 5.78 Å². The normalized spacial score (nSPS) is 8.37. The molecule has 0 unspecified atom stereocenters. The SMILES string of the molecule is C=O.CC(=O)c1ccccc1.Clc1ccccc1Cl. The van der Waals surface area contributed by atoms with E-state index in [0.717, 1.165) is 5.56 Å². The Kier molecular flexibility index (Phi) is 9.41. The maximum Gasteiger partial charge on any atom is 0.159 e. The summed E-state index contributed by atoms with van der Waals surface area (Å²) in [4.78, 5) is 18.6. The average molecular weight is 297 g/mol. The minimum atomic E-state index is 0.121. The van der Waals surface area contributed by atoms with E-state index in [1.807, 2.05) is 49.3 Å². The standard InChI is InChI=1S/C8H8O.C6H4Cl2.CH2O/c1-7(9)8-5-3-2-4-6-8;7-5-3-1-2-4-6(5)8;1-2/h2-6H,1H3;1-4H;1H2. The predicted molar refractivity (Wildman–Crippen MR) is 80.0 cm³/mol. The lowest BCUT2D eigenvalue weighted by Crippen LogP contribution is -1.88. The quantitative estimate of drug-likeness (QED) is 0.715. The van der Waals surface area contributed by atoms with Gasteiger partial charge in [0.05, 0.1) is 10.0 Å². The van der Waals surface area contributed by atoms with E-state index in [0.29, 0.717) is 10.0 Å². The van der Waals surface area contributed by atoms with Crippen LogP contribution in [-0.2, 0) is 4.79 Å². The van der Waals surface area contributed by atoms with Gasteiger partial charge in [-0.25, -0.2) is 0 Å². The van der Waals surface area contributed by atoms with Gasteiger partial charge in [-0.1, -0.05) is 65.7 Å². The highest BCUT2D eigenvalue weighted by Crippen LogP contribution is 2.19. The molecule has 0 fully saturated rings. The van der Waals surface area contributed by atoms with Crippen LogP contribution in [0.25, 0.3) is 0 Å². The molecule has 2 nitrogen and oxygen atoms in total. The van der Waals surface area contributed by atoms with Crippen LogP contribution in [-0.4, -0.2) is 12.6 Å². The number of carbonyl (C=O) groups is 2. The smallest absolute Gasteiger partial charge is 0.159 e. The van der Waals surface area contributed by atoms with Crippen LogP contribution in [0.5, 0.6) is 0 Å². The summed E-state index contributed by atoms with van der Waals surface area (Å²) in [7, 11) is 0. The van der Waals surface area contributed by atoms with Crippen molar-refractivity contribution in [3.05, 3.63) is 70.2 Å². The van der Waals surface area contributed by atoms with Gasteiger partial charge in [-0.15, -0.1) is 0 Å². The van der Waals surface area contributed by atoms with Gasteiger partial charge < -0.3 is 4.79 Å². The molecule has 0 heterocycles. The second-order valence-electron chi connectivity index (χ2n) is 3.34. The van der Waals surface area contributed by atoms with Gasteiger partial charge in [-0.05, 0) is 19.1 Å². The highest BCUT2D eigenvalue weighted by molar-refractivity contribution is 6.41. The van der Waals surface area contributed by atoms with E-state index < -0.39 is 0 Å². The molecule has 0 saturated carbocycles. The summed E-state index contributed by atoms with van der Waals surface area (Å²) < 4.78 is 0. The minimum Gasteiger partial charge on any atom is -0.307 e. The van der Waals surface area contributed by atoms with Gasteiger partial charge in [-0.3, -0.25) is 4.79 Å². The summed E-state index contributed by atoms with van der Waals surface area (Å²) in [5.74, 6) is 0.121. The number of rotatable bonds is 1. The van der Waals surface area contributed by atoms with Gasteiger partial charge in [0.1, 0.15) is 6.79 Å². The molecule has 19 heavy (non-hydrogen) atoms. The van der Waals surface area contributed by atoms with Crippen molar-refractivity contribution in [2.24, 2.45) is 0 Å². The first-order chi connectivity index (χ1) is 9.11. The summed E-state index contributed by atoms with van der Waals surface area (Å²) >= 11 is 11.2. The predicted octanol–water partition coefficient (Wildman–Crippen LogP) is 4.70. The number of Topliss-reactive ketones (excluding diaryl/α,β-unsaturated/α-hetero) is 1. The van der Waals surface area contributed by atoms with Gasteiger partial charge >= 0.3 is 0 Å². The van der Waals surface area contributed by atoms with E-state index in [4.69, 9.17) is 28.0 Å². The second-order valence-corrected chi connectivity index (χ2v) is 4.15. The van der Waals surface area contributed by atoms with Crippen molar-refractivity contribution in [2.45, 2.75) is 6.92 Å². The highest BCUT2D eigenvalue weighted by atomic mass is 35.5. The second kappa shape index (κ2) is 10.3. The van der Waals surface area contributed by atoms with Gasteiger partial charge in [0.2, 0.25) is 0 Å². The van der Waals surface area contributed by atoms with Crippen LogP contribution in [0.4, 0.5) is 0 Å². The fourth-order valence-corrected chi connectivity index (χ4v) is 1.38. The summed E-state index contributed by atoms with van der Waals surface area (Å²) in [6, 6.07) is 16.4. The number of halogens is 2. The molecule has 2 aromatic rings. The Hall–Kier alpha value is -1.64. The zero-order valence-electron chi connectivity index (χ0n) is 10.5. The molecule has 0 amide bonds. The molecule has 0 aliphatic heterocycles.